The van der Waals surface area contributed by atoms with Crippen LogP contribution in [-0.4, -0.2) is 33.8 Å². The van der Waals surface area contributed by atoms with Crippen LogP contribution in [0, 0.1) is 0 Å². The van der Waals surface area contributed by atoms with Crippen LogP contribution in [0.3, 0.4) is 0 Å². The van der Waals surface area contributed by atoms with Crippen LogP contribution in [0.25, 0.3) is 0 Å². The predicted octanol–water partition coefficient (Wildman–Crippen LogP) is 1.35. The van der Waals surface area contributed by atoms with Crippen molar-refractivity contribution in [3.63, 3.8) is 0 Å². The Hall–Kier alpha value is -1.62. The normalized spacial score (nSPS) is 12.1. The van der Waals surface area contributed by atoms with Crippen LogP contribution in [0.2, 0.25) is 0 Å². The van der Waals surface area contributed by atoms with Gasteiger partial charge in [-0.3, -0.25) is 0 Å². The smallest absolute Gasteiger partial charge is 0.354 e. The lowest BCUT2D eigenvalue weighted by Gasteiger charge is -2.09. The standard InChI is InChI=1S/C11H16N2O3/c1-2-8(14)6-7-12-10-5-3-4-9(13-10)11(15)16/h3-5,8,14H,2,6-7H2,1H3,(H,12,13)(H,15,16). The van der Waals surface area contributed by atoms with Crippen molar-refractivity contribution in [1.82, 2.24) is 4.98 Å². The van der Waals surface area contributed by atoms with E-state index in [2.05, 4.69) is 10.3 Å². The van der Waals surface area contributed by atoms with Gasteiger partial charge in [0, 0.05) is 6.54 Å². The number of aliphatic hydroxyl groups excluding tert-OH is 1. The molecule has 0 saturated carbocycles. The van der Waals surface area contributed by atoms with Gasteiger partial charge >= 0.3 is 5.97 Å². The van der Waals surface area contributed by atoms with Crippen molar-refractivity contribution in [2.75, 3.05) is 11.9 Å². The fourth-order valence-corrected chi connectivity index (χ4v) is 1.22. The molecule has 0 aliphatic heterocycles. The Bertz CT molecular complexity index is 355. The molecule has 0 radical (unpaired) electrons. The average molecular weight is 224 g/mol. The summed E-state index contributed by atoms with van der Waals surface area (Å²) in [6.45, 7) is 2.49. The molecule has 1 heterocycles. The molecule has 1 unspecified atom stereocenters. The summed E-state index contributed by atoms with van der Waals surface area (Å²) in [5.41, 5.74) is 0.0149. The maximum absolute atomic E-state index is 10.7. The number of aromatic carboxylic acids is 1. The van der Waals surface area contributed by atoms with Crippen molar-refractivity contribution in [1.29, 1.82) is 0 Å². The van der Waals surface area contributed by atoms with E-state index in [0.717, 1.165) is 0 Å². The Labute approximate surface area is 94.1 Å². The van der Waals surface area contributed by atoms with E-state index in [1.54, 1.807) is 12.1 Å². The number of hydrogen-bond donors (Lipinski definition) is 3. The van der Waals surface area contributed by atoms with E-state index in [4.69, 9.17) is 5.11 Å². The molecule has 1 aromatic rings. The van der Waals surface area contributed by atoms with Crippen LogP contribution in [0.1, 0.15) is 30.3 Å². The third-order valence-electron chi connectivity index (χ3n) is 2.22. The zero-order valence-corrected chi connectivity index (χ0v) is 9.18. The van der Waals surface area contributed by atoms with Crippen LogP contribution in [0.5, 0.6) is 0 Å². The van der Waals surface area contributed by atoms with Crippen molar-refractivity contribution in [2.45, 2.75) is 25.9 Å². The quantitative estimate of drug-likeness (QED) is 0.679. The highest BCUT2D eigenvalue weighted by molar-refractivity contribution is 5.85. The fourth-order valence-electron chi connectivity index (χ4n) is 1.22. The van der Waals surface area contributed by atoms with Crippen molar-refractivity contribution in [3.8, 4) is 0 Å². The van der Waals surface area contributed by atoms with Gasteiger partial charge in [-0.2, -0.15) is 0 Å². The first-order chi connectivity index (χ1) is 7.63. The summed E-state index contributed by atoms with van der Waals surface area (Å²) in [7, 11) is 0. The van der Waals surface area contributed by atoms with Gasteiger partial charge in [0.1, 0.15) is 5.82 Å². The molecule has 0 aromatic carbocycles. The Balaban J connectivity index is 2.48. The van der Waals surface area contributed by atoms with Crippen LogP contribution in [0.4, 0.5) is 5.82 Å². The van der Waals surface area contributed by atoms with Crippen LogP contribution in [0.15, 0.2) is 18.2 Å². The summed E-state index contributed by atoms with van der Waals surface area (Å²) in [5, 5.41) is 21.0. The minimum absolute atomic E-state index is 0.0149. The fraction of sp³-hybridized carbons (Fsp3) is 0.455. The first-order valence-electron chi connectivity index (χ1n) is 5.25. The first-order valence-corrected chi connectivity index (χ1v) is 5.25. The van der Waals surface area contributed by atoms with Crippen LogP contribution >= 0.6 is 0 Å². The number of aliphatic hydroxyl groups is 1. The number of carboxylic acid groups (broad SMARTS) is 1. The number of carboxylic acids is 1. The third-order valence-corrected chi connectivity index (χ3v) is 2.22. The van der Waals surface area contributed by atoms with Gasteiger partial charge in [0.15, 0.2) is 5.69 Å². The molecule has 88 valence electrons. The summed E-state index contributed by atoms with van der Waals surface area (Å²) < 4.78 is 0. The number of rotatable bonds is 6. The molecule has 0 fully saturated rings. The molecular formula is C11H16N2O3. The molecule has 0 saturated heterocycles. The van der Waals surface area contributed by atoms with Gasteiger partial charge in [-0.25, -0.2) is 9.78 Å². The maximum atomic E-state index is 10.7. The van der Waals surface area contributed by atoms with Crippen molar-refractivity contribution in [2.24, 2.45) is 0 Å². The molecule has 3 N–H and O–H groups in total. The topological polar surface area (TPSA) is 82.5 Å². The third kappa shape index (κ3) is 3.86. The molecular weight excluding hydrogens is 208 g/mol. The van der Waals surface area contributed by atoms with Crippen LogP contribution in [-0.2, 0) is 0 Å². The lowest BCUT2D eigenvalue weighted by Crippen LogP contribution is -2.13. The SMILES string of the molecule is CCC(O)CCNc1cccc(C(=O)O)n1. The van der Waals surface area contributed by atoms with E-state index in [9.17, 15) is 9.90 Å². The van der Waals surface area contributed by atoms with Gasteiger partial charge in [-0.15, -0.1) is 0 Å². The maximum Gasteiger partial charge on any atom is 0.354 e. The highest BCUT2D eigenvalue weighted by atomic mass is 16.4. The number of carbonyl (C=O) groups is 1. The molecule has 1 rings (SSSR count). The van der Waals surface area contributed by atoms with E-state index in [1.807, 2.05) is 6.92 Å². The molecule has 16 heavy (non-hydrogen) atoms. The summed E-state index contributed by atoms with van der Waals surface area (Å²) in [4.78, 5) is 14.6. The minimum atomic E-state index is -1.04. The average Bonchev–Trinajstić information content (AvgIpc) is 2.29. The zero-order chi connectivity index (χ0) is 12.0. The van der Waals surface area contributed by atoms with Crippen molar-refractivity contribution in [3.05, 3.63) is 23.9 Å². The molecule has 0 amide bonds. The molecule has 0 spiro atoms. The lowest BCUT2D eigenvalue weighted by molar-refractivity contribution is 0.0690. The highest BCUT2D eigenvalue weighted by Gasteiger charge is 2.05. The number of nitrogens with zero attached hydrogens (tertiary/aromatic N) is 1. The predicted molar refractivity (Wildman–Crippen MR) is 60.6 cm³/mol. The largest absolute Gasteiger partial charge is 0.477 e. The van der Waals surface area contributed by atoms with Gasteiger partial charge in [0.25, 0.3) is 0 Å². The second-order valence-corrected chi connectivity index (χ2v) is 3.49. The lowest BCUT2D eigenvalue weighted by atomic mass is 10.2. The Morgan fingerprint density at radius 2 is 2.31 bits per heavy atom. The summed E-state index contributed by atoms with van der Waals surface area (Å²) in [6, 6.07) is 4.77. The second kappa shape index (κ2) is 6.07. The number of hydrogen-bond acceptors (Lipinski definition) is 4. The van der Waals surface area contributed by atoms with E-state index < -0.39 is 5.97 Å². The van der Waals surface area contributed by atoms with Crippen molar-refractivity contribution < 1.29 is 15.0 Å². The molecule has 0 aliphatic rings. The van der Waals surface area contributed by atoms with Crippen molar-refractivity contribution >= 4 is 11.8 Å². The number of nitrogens with one attached hydrogen (secondary N) is 1. The van der Waals surface area contributed by atoms with E-state index in [0.29, 0.717) is 25.2 Å². The summed E-state index contributed by atoms with van der Waals surface area (Å²) in [5.74, 6) is -0.527. The van der Waals surface area contributed by atoms with Gasteiger partial charge < -0.3 is 15.5 Å². The molecule has 1 aromatic heterocycles. The second-order valence-electron chi connectivity index (χ2n) is 3.49. The molecule has 5 heteroatoms. The summed E-state index contributed by atoms with van der Waals surface area (Å²) >= 11 is 0. The van der Waals surface area contributed by atoms with E-state index >= 15 is 0 Å². The Morgan fingerprint density at radius 3 is 2.94 bits per heavy atom. The zero-order valence-electron chi connectivity index (χ0n) is 9.18. The molecule has 5 nitrogen and oxygen atoms in total. The van der Waals surface area contributed by atoms with Gasteiger partial charge in [-0.1, -0.05) is 13.0 Å². The first kappa shape index (κ1) is 12.4. The van der Waals surface area contributed by atoms with Gasteiger partial charge in [0.05, 0.1) is 6.10 Å². The number of aromatic nitrogens is 1. The minimum Gasteiger partial charge on any atom is -0.477 e. The monoisotopic (exact) mass is 224 g/mol. The molecule has 0 aliphatic carbocycles. The molecule has 1 atom stereocenters. The summed E-state index contributed by atoms with van der Waals surface area (Å²) in [6.07, 6.45) is 1.01. The van der Waals surface area contributed by atoms with Gasteiger partial charge in [-0.05, 0) is 25.0 Å². The van der Waals surface area contributed by atoms with E-state index in [-0.39, 0.29) is 11.8 Å². The Morgan fingerprint density at radius 1 is 1.56 bits per heavy atom. The van der Waals surface area contributed by atoms with Crippen LogP contribution < -0.4 is 5.32 Å². The number of pyridine rings is 1. The molecule has 0 bridgehead atoms. The Kier molecular flexibility index (Phi) is 4.72. The van der Waals surface area contributed by atoms with E-state index in [1.165, 1.54) is 6.07 Å². The number of anilines is 1. The van der Waals surface area contributed by atoms with Gasteiger partial charge in [0.2, 0.25) is 0 Å². The highest BCUT2D eigenvalue weighted by Crippen LogP contribution is 2.05.